The third-order valence-corrected chi connectivity index (χ3v) is 6.69. The number of nitrogens with one attached hydrogen (secondary N) is 2. The summed E-state index contributed by atoms with van der Waals surface area (Å²) in [6.07, 6.45) is 0. The molecule has 0 aliphatic heterocycles. The van der Waals surface area contributed by atoms with Gasteiger partial charge in [0.1, 0.15) is 0 Å². The van der Waals surface area contributed by atoms with Crippen LogP contribution in [0, 0.1) is 19.8 Å². The van der Waals surface area contributed by atoms with Crippen molar-refractivity contribution in [3.8, 4) is 0 Å². The molecule has 174 valence electrons. The van der Waals surface area contributed by atoms with Gasteiger partial charge in [0, 0.05) is 22.8 Å². The number of thioether (sulfide) groups is 1. The SMILES string of the molecule is Cc1cccc(C(=O)N[C@H](c2nnc(SCC(=O)Nc3ccc(Br)cc3C)n2C)C(C)C)c1. The number of halogens is 1. The molecule has 7 nitrogen and oxygen atoms in total. The van der Waals surface area contributed by atoms with Gasteiger partial charge in [0.05, 0.1) is 11.8 Å². The summed E-state index contributed by atoms with van der Waals surface area (Å²) < 4.78 is 2.80. The lowest BCUT2D eigenvalue weighted by Crippen LogP contribution is -2.33. The van der Waals surface area contributed by atoms with Crippen LogP contribution in [0.15, 0.2) is 52.1 Å². The van der Waals surface area contributed by atoms with Crippen LogP contribution in [-0.2, 0) is 11.8 Å². The monoisotopic (exact) mass is 529 g/mol. The average molecular weight is 530 g/mol. The lowest BCUT2D eigenvalue weighted by molar-refractivity contribution is -0.113. The Balaban J connectivity index is 1.67. The molecule has 0 bridgehead atoms. The van der Waals surface area contributed by atoms with Crippen molar-refractivity contribution in [1.82, 2.24) is 20.1 Å². The van der Waals surface area contributed by atoms with Crippen LogP contribution in [0.1, 0.15) is 47.2 Å². The Labute approximate surface area is 206 Å². The molecule has 2 N–H and O–H groups in total. The van der Waals surface area contributed by atoms with Gasteiger partial charge in [0.15, 0.2) is 11.0 Å². The number of amides is 2. The normalized spacial score (nSPS) is 12.0. The van der Waals surface area contributed by atoms with Crippen molar-refractivity contribution < 1.29 is 9.59 Å². The predicted octanol–water partition coefficient (Wildman–Crippen LogP) is 5.05. The van der Waals surface area contributed by atoms with E-state index >= 15 is 0 Å². The molecule has 0 radical (unpaired) electrons. The van der Waals surface area contributed by atoms with E-state index in [0.29, 0.717) is 16.5 Å². The van der Waals surface area contributed by atoms with Crippen molar-refractivity contribution in [2.24, 2.45) is 13.0 Å². The maximum atomic E-state index is 12.8. The Kier molecular flexibility index (Phi) is 8.31. The fourth-order valence-corrected chi connectivity index (χ4v) is 4.54. The van der Waals surface area contributed by atoms with Gasteiger partial charge in [-0.2, -0.15) is 0 Å². The van der Waals surface area contributed by atoms with E-state index in [9.17, 15) is 9.59 Å². The van der Waals surface area contributed by atoms with Gasteiger partial charge >= 0.3 is 0 Å². The summed E-state index contributed by atoms with van der Waals surface area (Å²) in [5.41, 5.74) is 3.39. The minimum absolute atomic E-state index is 0.100. The smallest absolute Gasteiger partial charge is 0.251 e. The third kappa shape index (κ3) is 6.45. The van der Waals surface area contributed by atoms with E-state index in [-0.39, 0.29) is 29.5 Å². The largest absolute Gasteiger partial charge is 0.342 e. The Bertz CT molecular complexity index is 1160. The Morgan fingerprint density at radius 2 is 1.88 bits per heavy atom. The Hall–Kier alpha value is -2.65. The minimum Gasteiger partial charge on any atom is -0.342 e. The van der Waals surface area contributed by atoms with Crippen LogP contribution in [0.4, 0.5) is 5.69 Å². The molecule has 0 unspecified atom stereocenters. The van der Waals surface area contributed by atoms with Gasteiger partial charge in [-0.15, -0.1) is 10.2 Å². The molecule has 9 heteroatoms. The number of aryl methyl sites for hydroxylation is 2. The van der Waals surface area contributed by atoms with E-state index in [1.165, 1.54) is 11.8 Å². The van der Waals surface area contributed by atoms with Crippen molar-refractivity contribution in [1.29, 1.82) is 0 Å². The number of hydrogen-bond donors (Lipinski definition) is 2. The van der Waals surface area contributed by atoms with Gasteiger partial charge in [-0.25, -0.2) is 0 Å². The van der Waals surface area contributed by atoms with Crippen molar-refractivity contribution in [3.05, 3.63) is 69.5 Å². The Morgan fingerprint density at radius 1 is 1.12 bits per heavy atom. The zero-order valence-electron chi connectivity index (χ0n) is 19.3. The van der Waals surface area contributed by atoms with Crippen molar-refractivity contribution in [2.45, 2.75) is 38.9 Å². The van der Waals surface area contributed by atoms with Crippen molar-refractivity contribution >= 4 is 45.2 Å². The zero-order chi connectivity index (χ0) is 24.1. The summed E-state index contributed by atoms with van der Waals surface area (Å²) in [6.45, 7) is 7.95. The van der Waals surface area contributed by atoms with Crippen LogP contribution >= 0.6 is 27.7 Å². The van der Waals surface area contributed by atoms with Crippen LogP contribution in [0.2, 0.25) is 0 Å². The molecule has 1 heterocycles. The number of benzene rings is 2. The number of aromatic nitrogens is 3. The summed E-state index contributed by atoms with van der Waals surface area (Å²) in [5.74, 6) is 0.673. The van der Waals surface area contributed by atoms with Crippen molar-refractivity contribution in [3.63, 3.8) is 0 Å². The molecule has 33 heavy (non-hydrogen) atoms. The molecule has 0 spiro atoms. The highest BCUT2D eigenvalue weighted by atomic mass is 79.9. The lowest BCUT2D eigenvalue weighted by atomic mass is 10.0. The van der Waals surface area contributed by atoms with Crippen LogP contribution in [-0.4, -0.2) is 32.3 Å². The first-order valence-corrected chi connectivity index (χ1v) is 12.4. The van der Waals surface area contributed by atoms with Gasteiger partial charge in [-0.3, -0.25) is 9.59 Å². The second kappa shape index (κ2) is 11.0. The highest BCUT2D eigenvalue weighted by Gasteiger charge is 2.25. The molecule has 2 aromatic carbocycles. The van der Waals surface area contributed by atoms with Gasteiger partial charge < -0.3 is 15.2 Å². The molecule has 2 amide bonds. The van der Waals surface area contributed by atoms with Crippen LogP contribution in [0.5, 0.6) is 0 Å². The van der Waals surface area contributed by atoms with Gasteiger partial charge in [0.25, 0.3) is 5.91 Å². The number of anilines is 1. The van der Waals surface area contributed by atoms with E-state index in [0.717, 1.165) is 21.3 Å². The maximum Gasteiger partial charge on any atom is 0.251 e. The molecule has 0 aliphatic rings. The van der Waals surface area contributed by atoms with E-state index in [1.807, 2.05) is 75.7 Å². The first kappa shape index (κ1) is 25.0. The quantitative estimate of drug-likeness (QED) is 0.398. The first-order valence-electron chi connectivity index (χ1n) is 10.6. The van der Waals surface area contributed by atoms with Gasteiger partial charge in [-0.05, 0) is 55.7 Å². The molecule has 1 aromatic heterocycles. The van der Waals surface area contributed by atoms with Gasteiger partial charge in [0.2, 0.25) is 5.91 Å². The Morgan fingerprint density at radius 3 is 2.55 bits per heavy atom. The van der Waals surface area contributed by atoms with E-state index < -0.39 is 0 Å². The number of nitrogens with zero attached hydrogens (tertiary/aromatic N) is 3. The molecule has 3 rings (SSSR count). The van der Waals surface area contributed by atoms with Crippen LogP contribution in [0.25, 0.3) is 0 Å². The predicted molar refractivity (Wildman–Crippen MR) is 135 cm³/mol. The number of carbonyl (C=O) groups is 2. The highest BCUT2D eigenvalue weighted by Crippen LogP contribution is 2.25. The summed E-state index contributed by atoms with van der Waals surface area (Å²) in [6, 6.07) is 12.9. The van der Waals surface area contributed by atoms with E-state index in [4.69, 9.17) is 0 Å². The lowest BCUT2D eigenvalue weighted by Gasteiger charge is -2.21. The molecule has 0 saturated heterocycles. The van der Waals surface area contributed by atoms with Gasteiger partial charge in [-0.1, -0.05) is 59.2 Å². The fourth-order valence-electron chi connectivity index (χ4n) is 3.35. The molecule has 1 atom stereocenters. The van der Waals surface area contributed by atoms with E-state index in [1.54, 1.807) is 6.07 Å². The molecular formula is C24H28BrN5O2S. The maximum absolute atomic E-state index is 12.8. The number of rotatable bonds is 8. The highest BCUT2D eigenvalue weighted by molar-refractivity contribution is 9.10. The summed E-state index contributed by atoms with van der Waals surface area (Å²) in [4.78, 5) is 25.3. The minimum atomic E-state index is -0.316. The van der Waals surface area contributed by atoms with Crippen molar-refractivity contribution in [2.75, 3.05) is 11.1 Å². The standard InChI is InChI=1S/C24H28BrN5O2S/c1-14(2)21(27-23(32)17-8-6-7-15(3)11-17)22-28-29-24(30(22)5)33-13-20(31)26-19-10-9-18(25)12-16(19)4/h6-12,14,21H,13H2,1-5H3,(H,26,31)(H,27,32)/t21-/m0/s1. The molecule has 0 fully saturated rings. The zero-order valence-corrected chi connectivity index (χ0v) is 21.8. The first-order chi connectivity index (χ1) is 15.7. The van der Waals surface area contributed by atoms with Crippen LogP contribution < -0.4 is 10.6 Å². The molecule has 0 aliphatic carbocycles. The summed E-state index contributed by atoms with van der Waals surface area (Å²) in [7, 11) is 1.85. The number of hydrogen-bond acceptors (Lipinski definition) is 5. The third-order valence-electron chi connectivity index (χ3n) is 5.18. The van der Waals surface area contributed by atoms with Crippen LogP contribution in [0.3, 0.4) is 0 Å². The topological polar surface area (TPSA) is 88.9 Å². The summed E-state index contributed by atoms with van der Waals surface area (Å²) >= 11 is 4.73. The molecule has 3 aromatic rings. The van der Waals surface area contributed by atoms with E-state index in [2.05, 4.69) is 36.8 Å². The molecular weight excluding hydrogens is 502 g/mol. The average Bonchev–Trinajstić information content (AvgIpc) is 3.12. The second-order valence-corrected chi connectivity index (χ2v) is 10.1. The number of carbonyl (C=O) groups excluding carboxylic acids is 2. The summed E-state index contributed by atoms with van der Waals surface area (Å²) in [5, 5.41) is 15.2. The fraction of sp³-hybridized carbons (Fsp3) is 0.333. The second-order valence-electron chi connectivity index (χ2n) is 8.26. The molecule has 0 saturated carbocycles.